The van der Waals surface area contributed by atoms with Gasteiger partial charge in [-0.25, -0.2) is 9.97 Å². The SMILES string of the molecule is Cc1csc(-c2cnc[nH]2)n1. The quantitative estimate of drug-likeness (QED) is 0.700. The van der Waals surface area contributed by atoms with Crippen molar-refractivity contribution < 1.29 is 0 Å². The van der Waals surface area contributed by atoms with Crippen LogP contribution in [0.1, 0.15) is 5.69 Å². The first-order chi connectivity index (χ1) is 5.36. The highest BCUT2D eigenvalue weighted by Crippen LogP contribution is 2.19. The number of aromatic nitrogens is 3. The van der Waals surface area contributed by atoms with Crippen LogP contribution in [0.4, 0.5) is 0 Å². The second-order valence-electron chi connectivity index (χ2n) is 2.26. The van der Waals surface area contributed by atoms with E-state index in [1.807, 2.05) is 12.3 Å². The molecule has 0 radical (unpaired) electrons. The monoisotopic (exact) mass is 165 g/mol. The van der Waals surface area contributed by atoms with Crippen LogP contribution in [-0.2, 0) is 0 Å². The Hall–Kier alpha value is -1.16. The molecule has 0 aliphatic carbocycles. The molecule has 4 heteroatoms. The molecule has 3 nitrogen and oxygen atoms in total. The molecule has 0 spiro atoms. The molecule has 2 rings (SSSR count). The number of hydrogen-bond acceptors (Lipinski definition) is 3. The van der Waals surface area contributed by atoms with Crippen molar-refractivity contribution in [3.63, 3.8) is 0 Å². The minimum atomic E-state index is 0.989. The molecule has 0 aromatic carbocycles. The summed E-state index contributed by atoms with van der Waals surface area (Å²) in [5.41, 5.74) is 2.04. The van der Waals surface area contributed by atoms with E-state index in [9.17, 15) is 0 Å². The number of rotatable bonds is 1. The van der Waals surface area contributed by atoms with Crippen molar-refractivity contribution in [1.82, 2.24) is 15.0 Å². The van der Waals surface area contributed by atoms with E-state index in [1.165, 1.54) is 0 Å². The summed E-state index contributed by atoms with van der Waals surface area (Å²) in [5.74, 6) is 0. The first-order valence-corrected chi connectivity index (χ1v) is 4.15. The lowest BCUT2D eigenvalue weighted by Crippen LogP contribution is -1.74. The molecule has 1 N–H and O–H groups in total. The molecule has 0 aliphatic heterocycles. The van der Waals surface area contributed by atoms with Crippen molar-refractivity contribution in [2.45, 2.75) is 6.92 Å². The first-order valence-electron chi connectivity index (χ1n) is 3.27. The van der Waals surface area contributed by atoms with Crippen molar-refractivity contribution in [2.24, 2.45) is 0 Å². The van der Waals surface area contributed by atoms with E-state index >= 15 is 0 Å². The summed E-state index contributed by atoms with van der Waals surface area (Å²) in [6, 6.07) is 0. The third-order valence-corrected chi connectivity index (χ3v) is 2.34. The molecule has 11 heavy (non-hydrogen) atoms. The lowest BCUT2D eigenvalue weighted by atomic mass is 10.5. The summed E-state index contributed by atoms with van der Waals surface area (Å²) in [4.78, 5) is 11.2. The molecule has 2 aromatic rings. The number of thiazole rings is 1. The lowest BCUT2D eigenvalue weighted by molar-refractivity contribution is 1.25. The topological polar surface area (TPSA) is 41.6 Å². The van der Waals surface area contributed by atoms with Gasteiger partial charge in [-0.2, -0.15) is 0 Å². The number of nitrogens with zero attached hydrogens (tertiary/aromatic N) is 2. The third kappa shape index (κ3) is 1.17. The summed E-state index contributed by atoms with van der Waals surface area (Å²) in [5, 5.41) is 3.02. The predicted molar refractivity (Wildman–Crippen MR) is 44.4 cm³/mol. The maximum Gasteiger partial charge on any atom is 0.141 e. The number of H-pyrrole nitrogens is 1. The molecule has 0 atom stereocenters. The summed E-state index contributed by atoms with van der Waals surface area (Å²) < 4.78 is 0. The van der Waals surface area contributed by atoms with Gasteiger partial charge in [0.1, 0.15) is 5.01 Å². The highest BCUT2D eigenvalue weighted by molar-refractivity contribution is 7.13. The summed E-state index contributed by atoms with van der Waals surface area (Å²) in [6.45, 7) is 1.98. The molecule has 56 valence electrons. The fourth-order valence-corrected chi connectivity index (χ4v) is 1.62. The molecule has 0 unspecified atom stereocenters. The van der Waals surface area contributed by atoms with E-state index in [0.717, 1.165) is 16.4 Å². The highest BCUT2D eigenvalue weighted by Gasteiger charge is 2.01. The van der Waals surface area contributed by atoms with Crippen LogP contribution in [0.2, 0.25) is 0 Å². The smallest absolute Gasteiger partial charge is 0.141 e. The van der Waals surface area contributed by atoms with Crippen LogP contribution in [-0.4, -0.2) is 15.0 Å². The number of imidazole rings is 1. The molecular weight excluding hydrogens is 158 g/mol. The van der Waals surface area contributed by atoms with Crippen molar-refractivity contribution in [3.05, 3.63) is 23.6 Å². The van der Waals surface area contributed by atoms with Crippen LogP contribution in [0.5, 0.6) is 0 Å². The Morgan fingerprint density at radius 1 is 1.55 bits per heavy atom. The van der Waals surface area contributed by atoms with Gasteiger partial charge in [-0.3, -0.25) is 0 Å². The van der Waals surface area contributed by atoms with E-state index in [0.29, 0.717) is 0 Å². The van der Waals surface area contributed by atoms with Gasteiger partial charge in [0.05, 0.1) is 18.2 Å². The van der Waals surface area contributed by atoms with Crippen LogP contribution in [0.3, 0.4) is 0 Å². The molecule has 2 aromatic heterocycles. The van der Waals surface area contributed by atoms with Gasteiger partial charge < -0.3 is 4.98 Å². The van der Waals surface area contributed by atoms with Gasteiger partial charge in [-0.1, -0.05) is 0 Å². The zero-order chi connectivity index (χ0) is 7.68. The Kier molecular flexibility index (Phi) is 1.47. The van der Waals surface area contributed by atoms with Crippen LogP contribution >= 0.6 is 11.3 Å². The van der Waals surface area contributed by atoms with Gasteiger partial charge in [0.2, 0.25) is 0 Å². The third-order valence-electron chi connectivity index (χ3n) is 1.35. The van der Waals surface area contributed by atoms with Crippen molar-refractivity contribution in [3.8, 4) is 10.7 Å². The zero-order valence-electron chi connectivity index (χ0n) is 6.03. The van der Waals surface area contributed by atoms with Gasteiger partial charge in [-0.05, 0) is 6.92 Å². The average Bonchev–Trinajstić information content (AvgIpc) is 2.55. The molecular formula is C7H7N3S. The maximum atomic E-state index is 4.30. The zero-order valence-corrected chi connectivity index (χ0v) is 6.85. The Bertz CT molecular complexity index is 336. The van der Waals surface area contributed by atoms with E-state index in [1.54, 1.807) is 23.9 Å². The number of aryl methyl sites for hydroxylation is 1. The Labute approximate surface area is 68.1 Å². The van der Waals surface area contributed by atoms with Gasteiger partial charge in [-0.15, -0.1) is 11.3 Å². The van der Waals surface area contributed by atoms with Gasteiger partial charge in [0.15, 0.2) is 0 Å². The van der Waals surface area contributed by atoms with Crippen LogP contribution in [0.15, 0.2) is 17.9 Å². The van der Waals surface area contributed by atoms with Crippen LogP contribution in [0.25, 0.3) is 10.7 Å². The molecule has 0 saturated carbocycles. The van der Waals surface area contributed by atoms with E-state index in [2.05, 4.69) is 15.0 Å². The summed E-state index contributed by atoms with van der Waals surface area (Å²) >= 11 is 1.62. The largest absolute Gasteiger partial charge is 0.343 e. The molecule has 0 saturated heterocycles. The number of hydrogen-bond donors (Lipinski definition) is 1. The van der Waals surface area contributed by atoms with Gasteiger partial charge >= 0.3 is 0 Å². The second kappa shape index (κ2) is 2.47. The minimum Gasteiger partial charge on any atom is -0.343 e. The summed E-state index contributed by atoms with van der Waals surface area (Å²) in [7, 11) is 0. The predicted octanol–water partition coefficient (Wildman–Crippen LogP) is 1.84. The Morgan fingerprint density at radius 2 is 2.45 bits per heavy atom. The van der Waals surface area contributed by atoms with E-state index in [4.69, 9.17) is 0 Å². The standard InChI is InChI=1S/C7H7N3S/c1-5-3-11-7(10-5)6-2-8-4-9-6/h2-4H,1H3,(H,8,9). The number of nitrogens with one attached hydrogen (secondary N) is 1. The van der Waals surface area contributed by atoms with Gasteiger partial charge in [0, 0.05) is 11.1 Å². The average molecular weight is 165 g/mol. The van der Waals surface area contributed by atoms with Gasteiger partial charge in [0.25, 0.3) is 0 Å². The summed E-state index contributed by atoms with van der Waals surface area (Å²) in [6.07, 6.45) is 3.43. The van der Waals surface area contributed by atoms with Crippen molar-refractivity contribution in [1.29, 1.82) is 0 Å². The highest BCUT2D eigenvalue weighted by atomic mass is 32.1. The van der Waals surface area contributed by atoms with Crippen molar-refractivity contribution in [2.75, 3.05) is 0 Å². The molecule has 0 bridgehead atoms. The maximum absolute atomic E-state index is 4.30. The Balaban J connectivity index is 2.45. The Morgan fingerprint density at radius 3 is 3.00 bits per heavy atom. The fourth-order valence-electron chi connectivity index (χ4n) is 0.851. The second-order valence-corrected chi connectivity index (χ2v) is 3.12. The van der Waals surface area contributed by atoms with E-state index in [-0.39, 0.29) is 0 Å². The lowest BCUT2D eigenvalue weighted by Gasteiger charge is -1.84. The number of aromatic amines is 1. The minimum absolute atomic E-state index is 0.989. The normalized spacial score (nSPS) is 10.3. The van der Waals surface area contributed by atoms with Crippen LogP contribution < -0.4 is 0 Å². The molecule has 0 amide bonds. The first kappa shape index (κ1) is 6.54. The van der Waals surface area contributed by atoms with Crippen molar-refractivity contribution >= 4 is 11.3 Å². The molecule has 2 heterocycles. The van der Waals surface area contributed by atoms with Crippen LogP contribution in [0, 0.1) is 6.92 Å². The fraction of sp³-hybridized carbons (Fsp3) is 0.143. The molecule has 0 fully saturated rings. The van der Waals surface area contributed by atoms with E-state index < -0.39 is 0 Å². The molecule has 0 aliphatic rings.